The van der Waals surface area contributed by atoms with Crippen LogP contribution >= 0.6 is 0 Å². The Bertz CT molecular complexity index is 1260. The third kappa shape index (κ3) is 9.48. The first-order valence-electron chi connectivity index (χ1n) is 13.0. The van der Waals surface area contributed by atoms with Crippen LogP contribution in [0.2, 0.25) is 0 Å². The number of fused-ring (bicyclic) bond motifs is 1. The van der Waals surface area contributed by atoms with Crippen LogP contribution in [0.25, 0.3) is 0 Å². The zero-order chi connectivity index (χ0) is 31.1. The molecule has 15 heteroatoms. The first-order chi connectivity index (χ1) is 19.6. The minimum absolute atomic E-state index is 0.0649. The van der Waals surface area contributed by atoms with Crippen LogP contribution in [0, 0.1) is 5.41 Å². The minimum atomic E-state index is -5.08. The second-order valence-electron chi connectivity index (χ2n) is 10.3. The van der Waals surface area contributed by atoms with Crippen molar-refractivity contribution in [3.05, 3.63) is 63.7 Å². The number of hydrogen-bond acceptors (Lipinski definition) is 7. The number of halogens is 6. The van der Waals surface area contributed by atoms with E-state index in [1.807, 2.05) is 0 Å². The molecule has 0 radical (unpaired) electrons. The maximum Gasteiger partial charge on any atom is 0.490 e. The van der Waals surface area contributed by atoms with Gasteiger partial charge in [0.2, 0.25) is 11.2 Å². The Kier molecular flexibility index (Phi) is 10.7. The van der Waals surface area contributed by atoms with Crippen LogP contribution < -0.4 is 15.5 Å². The molecule has 2 fully saturated rings. The van der Waals surface area contributed by atoms with Crippen molar-refractivity contribution in [2.75, 3.05) is 19.6 Å². The fourth-order valence-corrected chi connectivity index (χ4v) is 5.05. The lowest BCUT2D eigenvalue weighted by Crippen LogP contribution is -2.50. The highest BCUT2D eigenvalue weighted by Crippen LogP contribution is 2.49. The number of rotatable bonds is 4. The highest BCUT2D eigenvalue weighted by Gasteiger charge is 2.46. The molecule has 3 aliphatic rings. The number of nitrogens with one attached hydrogen (secondary N) is 1. The molecule has 2 aliphatic heterocycles. The summed E-state index contributed by atoms with van der Waals surface area (Å²) < 4.78 is 75.2. The van der Waals surface area contributed by atoms with Crippen molar-refractivity contribution in [3.63, 3.8) is 0 Å². The number of carbonyl (C=O) groups is 2. The number of alkyl halides is 6. The van der Waals surface area contributed by atoms with Crippen molar-refractivity contribution in [1.29, 1.82) is 0 Å². The van der Waals surface area contributed by atoms with Crippen LogP contribution in [0.1, 0.15) is 42.6 Å². The predicted octanol–water partition coefficient (Wildman–Crippen LogP) is 4.38. The van der Waals surface area contributed by atoms with Gasteiger partial charge in [-0.25, -0.2) is 9.59 Å². The lowest BCUT2D eigenvalue weighted by molar-refractivity contribution is -0.193. The number of nitrogens with zero attached hydrogens (tertiary/aromatic N) is 1. The lowest BCUT2D eigenvalue weighted by atomic mass is 9.62. The van der Waals surface area contributed by atoms with Gasteiger partial charge in [-0.1, -0.05) is 24.3 Å². The fraction of sp³-hybridized carbons (Fsp3) is 0.519. The molecule has 5 rings (SSSR count). The molecule has 1 aliphatic carbocycles. The molecule has 2 aromatic rings. The molecule has 0 atom stereocenters. The van der Waals surface area contributed by atoms with E-state index in [0.717, 1.165) is 45.4 Å². The van der Waals surface area contributed by atoms with E-state index < -0.39 is 24.3 Å². The number of carboxylic acids is 2. The second kappa shape index (κ2) is 13.6. The van der Waals surface area contributed by atoms with Crippen molar-refractivity contribution in [2.45, 2.75) is 63.7 Å². The van der Waals surface area contributed by atoms with Gasteiger partial charge in [0.05, 0.1) is 6.54 Å². The smallest absolute Gasteiger partial charge is 0.483 e. The molecule has 3 heterocycles. The van der Waals surface area contributed by atoms with E-state index in [0.29, 0.717) is 23.5 Å². The summed E-state index contributed by atoms with van der Waals surface area (Å²) in [6.45, 7) is 4.74. The first-order valence-corrected chi connectivity index (χ1v) is 13.0. The lowest BCUT2D eigenvalue weighted by Gasteiger charge is -2.49. The summed E-state index contributed by atoms with van der Waals surface area (Å²) in [5.74, 6) is -4.44. The molecule has 3 N–H and O–H groups in total. The molecule has 42 heavy (non-hydrogen) atoms. The first kappa shape index (κ1) is 32.9. The number of hydrogen-bond donors (Lipinski definition) is 3. The highest BCUT2D eigenvalue weighted by atomic mass is 19.4. The van der Waals surface area contributed by atoms with E-state index in [-0.39, 0.29) is 11.5 Å². The monoisotopic (exact) mass is 608 g/mol. The van der Waals surface area contributed by atoms with Gasteiger partial charge >= 0.3 is 24.3 Å². The van der Waals surface area contributed by atoms with Crippen LogP contribution in [0.5, 0.6) is 5.75 Å². The van der Waals surface area contributed by atoms with Gasteiger partial charge in [0.1, 0.15) is 18.1 Å². The molecule has 232 valence electrons. The van der Waals surface area contributed by atoms with Crippen molar-refractivity contribution in [3.8, 4) is 5.75 Å². The van der Waals surface area contributed by atoms with Gasteiger partial charge in [-0.05, 0) is 61.7 Å². The van der Waals surface area contributed by atoms with E-state index in [4.69, 9.17) is 29.0 Å². The van der Waals surface area contributed by atoms with Gasteiger partial charge in [0.15, 0.2) is 0 Å². The molecule has 1 saturated carbocycles. The number of aliphatic carboxylic acids is 2. The van der Waals surface area contributed by atoms with Crippen LogP contribution in [-0.4, -0.2) is 65.1 Å². The molecule has 1 spiro atoms. The molecule has 1 aromatic carbocycles. The van der Waals surface area contributed by atoms with Gasteiger partial charge in [-0.15, -0.1) is 0 Å². The van der Waals surface area contributed by atoms with E-state index in [9.17, 15) is 31.1 Å². The van der Waals surface area contributed by atoms with Crippen molar-refractivity contribution < 1.29 is 55.3 Å². The van der Waals surface area contributed by atoms with Gasteiger partial charge in [0.25, 0.3) is 0 Å². The summed E-state index contributed by atoms with van der Waals surface area (Å²) in [6.07, 6.45) is -2.89. The van der Waals surface area contributed by atoms with Gasteiger partial charge in [-0.3, -0.25) is 9.69 Å². The average molecular weight is 609 g/mol. The van der Waals surface area contributed by atoms with Gasteiger partial charge < -0.3 is 24.7 Å². The molecular weight excluding hydrogens is 578 g/mol. The quantitative estimate of drug-likeness (QED) is 0.434. The van der Waals surface area contributed by atoms with E-state index in [2.05, 4.69) is 34.5 Å². The summed E-state index contributed by atoms with van der Waals surface area (Å²) in [6, 6.07) is 10.2. The summed E-state index contributed by atoms with van der Waals surface area (Å²) >= 11 is 0. The largest absolute Gasteiger partial charge is 0.490 e. The molecule has 0 amide bonds. The van der Waals surface area contributed by atoms with E-state index in [1.165, 1.54) is 30.2 Å². The van der Waals surface area contributed by atoms with Crippen molar-refractivity contribution in [2.24, 2.45) is 5.41 Å². The molecule has 9 nitrogen and oxygen atoms in total. The molecule has 0 unspecified atom stereocenters. The zero-order valence-electron chi connectivity index (χ0n) is 22.3. The number of ether oxygens (including phenoxy) is 1. The summed E-state index contributed by atoms with van der Waals surface area (Å²) in [4.78, 5) is 32.6. The minimum Gasteiger partial charge on any atom is -0.483 e. The number of piperidine rings is 1. The zero-order valence-corrected chi connectivity index (χ0v) is 22.3. The summed E-state index contributed by atoms with van der Waals surface area (Å²) in [7, 11) is 0. The highest BCUT2D eigenvalue weighted by molar-refractivity contribution is 5.73. The molecule has 1 saturated heterocycles. The van der Waals surface area contributed by atoms with E-state index >= 15 is 0 Å². The van der Waals surface area contributed by atoms with E-state index in [1.54, 1.807) is 6.07 Å². The van der Waals surface area contributed by atoms with Gasteiger partial charge in [0, 0.05) is 19.2 Å². The Morgan fingerprint density at radius 2 is 1.55 bits per heavy atom. The molecular formula is C27H30F6N2O7. The topological polar surface area (TPSA) is 129 Å². The standard InChI is InChI=1S/C23H28N2O3.2C2HF3O2/c26-21-11-19(15-25-10-5-17-3-1-2-4-18(17)14-25)27-16-22(21)28-20-12-23(13-20)6-8-24-9-7-23;2*3-2(4,5)1(6)7/h1-4,11,16,20,24H,5-10,12-15H2;2*(H,6,7). The second-order valence-corrected chi connectivity index (χ2v) is 10.3. The van der Waals surface area contributed by atoms with Crippen molar-refractivity contribution in [1.82, 2.24) is 10.2 Å². The Balaban J connectivity index is 0.000000289. The summed E-state index contributed by atoms with van der Waals surface area (Å²) in [5, 5.41) is 17.7. The third-order valence-electron chi connectivity index (χ3n) is 7.21. The number of benzene rings is 1. The van der Waals surface area contributed by atoms with Gasteiger partial charge in [-0.2, -0.15) is 26.3 Å². The Hall–Kier alpha value is -3.59. The third-order valence-corrected chi connectivity index (χ3v) is 7.21. The maximum absolute atomic E-state index is 12.5. The van der Waals surface area contributed by atoms with Crippen molar-refractivity contribution >= 4 is 11.9 Å². The SMILES string of the molecule is O=C(O)C(F)(F)F.O=C(O)C(F)(F)F.O=c1cc(CN2CCc3ccccc3C2)occ1OC1CC2(CCNCC2)C1. The Morgan fingerprint density at radius 3 is 2.07 bits per heavy atom. The van der Waals surface area contributed by atoms with Crippen LogP contribution in [0.3, 0.4) is 0 Å². The maximum atomic E-state index is 12.5. The van der Waals surface area contributed by atoms with Crippen LogP contribution in [0.4, 0.5) is 26.3 Å². The summed E-state index contributed by atoms with van der Waals surface area (Å²) in [5.41, 5.74) is 3.18. The molecule has 1 aromatic heterocycles. The number of carboxylic acid groups (broad SMARTS) is 2. The fourth-order valence-electron chi connectivity index (χ4n) is 5.05. The Morgan fingerprint density at radius 1 is 1.00 bits per heavy atom. The van der Waals surface area contributed by atoms with Crippen LogP contribution in [-0.2, 0) is 29.1 Å². The normalized spacial score (nSPS) is 18.3. The average Bonchev–Trinajstić information content (AvgIpc) is 2.89. The molecule has 0 bridgehead atoms. The Labute approximate surface area is 236 Å². The predicted molar refractivity (Wildman–Crippen MR) is 135 cm³/mol. The van der Waals surface area contributed by atoms with Crippen LogP contribution in [0.15, 0.2) is 45.8 Å².